The summed E-state index contributed by atoms with van der Waals surface area (Å²) < 4.78 is 17.9. The van der Waals surface area contributed by atoms with Crippen LogP contribution in [0.1, 0.15) is 23.5 Å². The van der Waals surface area contributed by atoms with Gasteiger partial charge in [0.15, 0.2) is 5.11 Å². The molecule has 0 aliphatic carbocycles. The number of ether oxygens (including phenoxy) is 2. The summed E-state index contributed by atoms with van der Waals surface area (Å²) in [5.74, 6) is 1.68. The van der Waals surface area contributed by atoms with Crippen molar-refractivity contribution in [1.82, 2.24) is 10.3 Å². The topological polar surface area (TPSA) is 88.9 Å². The molecule has 194 valence electrons. The van der Waals surface area contributed by atoms with Gasteiger partial charge in [0, 0.05) is 29.0 Å². The molecule has 2 atom stereocenters. The van der Waals surface area contributed by atoms with E-state index >= 15 is 0 Å². The van der Waals surface area contributed by atoms with Gasteiger partial charge in [0.05, 0.1) is 24.5 Å². The van der Waals surface area contributed by atoms with Crippen molar-refractivity contribution in [3.05, 3.63) is 94.9 Å². The quantitative estimate of drug-likeness (QED) is 0.245. The maximum absolute atomic E-state index is 12.3. The molecule has 8 nitrogen and oxygen atoms in total. The number of carbonyl (C=O) groups excluding carboxylic acids is 1. The number of benzene rings is 2. The average molecular weight is 594 g/mol. The number of nitrogens with one attached hydrogen (secondary N) is 2. The van der Waals surface area contributed by atoms with Crippen LogP contribution in [0.15, 0.2) is 87.9 Å². The third-order valence-corrected chi connectivity index (χ3v) is 7.00. The fraction of sp³-hybridized carbons (Fsp3) is 0.179. The van der Waals surface area contributed by atoms with Crippen LogP contribution in [0.2, 0.25) is 0 Å². The second-order valence-electron chi connectivity index (χ2n) is 8.57. The van der Waals surface area contributed by atoms with E-state index < -0.39 is 0 Å². The van der Waals surface area contributed by atoms with Crippen LogP contribution in [0.25, 0.3) is 11.3 Å². The first-order valence-electron chi connectivity index (χ1n) is 11.8. The van der Waals surface area contributed by atoms with Crippen molar-refractivity contribution in [3.63, 3.8) is 0 Å². The molecule has 1 fully saturated rings. The maximum atomic E-state index is 12.3. The Morgan fingerprint density at radius 1 is 1.13 bits per heavy atom. The molecular weight excluding hydrogens is 568 g/mol. The van der Waals surface area contributed by atoms with E-state index in [0.29, 0.717) is 22.3 Å². The number of thiocarbonyl (C=S) groups is 1. The monoisotopic (exact) mass is 592 g/mol. The molecule has 0 unspecified atom stereocenters. The standard InChI is InChI=1S/C28H25BrN4O4S/c1-35-16-25(34)31-21-15-19(10-11-23(21)36-2)33-27(26(32-28(33)38)20-5-3-4-14-30-20)24-13-12-22(37-24)17-6-8-18(29)9-7-17/h3-15,26-27H,16H2,1-2H3,(H,31,34)(H,32,38)/t26-,27-/m1/s1. The lowest BCUT2D eigenvalue weighted by Gasteiger charge is -2.27. The van der Waals surface area contributed by atoms with Crippen LogP contribution in [0.5, 0.6) is 5.75 Å². The Labute approximate surface area is 234 Å². The predicted molar refractivity (Wildman–Crippen MR) is 153 cm³/mol. The van der Waals surface area contributed by atoms with Crippen LogP contribution >= 0.6 is 28.1 Å². The molecule has 3 heterocycles. The minimum atomic E-state index is -0.350. The minimum Gasteiger partial charge on any atom is -0.495 e. The minimum absolute atomic E-state index is 0.0767. The fourth-order valence-electron chi connectivity index (χ4n) is 4.46. The first-order valence-corrected chi connectivity index (χ1v) is 13.0. The van der Waals surface area contributed by atoms with Crippen molar-refractivity contribution < 1.29 is 18.7 Å². The first kappa shape index (κ1) is 25.9. The number of halogens is 1. The van der Waals surface area contributed by atoms with Gasteiger partial charge in [-0.25, -0.2) is 0 Å². The highest BCUT2D eigenvalue weighted by atomic mass is 79.9. The second kappa shape index (κ2) is 11.3. The van der Waals surface area contributed by atoms with Crippen molar-refractivity contribution in [2.24, 2.45) is 0 Å². The summed E-state index contributed by atoms with van der Waals surface area (Å²) in [5, 5.41) is 6.78. The van der Waals surface area contributed by atoms with Crippen molar-refractivity contribution in [2.45, 2.75) is 12.1 Å². The van der Waals surface area contributed by atoms with Crippen molar-refractivity contribution in [2.75, 3.05) is 31.0 Å². The zero-order valence-electron chi connectivity index (χ0n) is 20.7. The summed E-state index contributed by atoms with van der Waals surface area (Å²) in [6.07, 6.45) is 1.76. The molecule has 2 aromatic carbocycles. The van der Waals surface area contributed by atoms with Crippen molar-refractivity contribution in [3.8, 4) is 17.1 Å². The maximum Gasteiger partial charge on any atom is 0.250 e. The van der Waals surface area contributed by atoms with E-state index in [0.717, 1.165) is 27.2 Å². The number of furan rings is 1. The van der Waals surface area contributed by atoms with Gasteiger partial charge in [-0.3, -0.25) is 9.78 Å². The fourth-order valence-corrected chi connectivity index (χ4v) is 5.07. The molecule has 1 amide bonds. The van der Waals surface area contributed by atoms with Crippen LogP contribution in [-0.4, -0.2) is 36.8 Å². The Kier molecular flexibility index (Phi) is 7.73. The number of anilines is 2. The Balaban J connectivity index is 1.57. The molecule has 38 heavy (non-hydrogen) atoms. The van der Waals surface area contributed by atoms with Gasteiger partial charge in [-0.05, 0) is 66.8 Å². The summed E-state index contributed by atoms with van der Waals surface area (Å²) in [6, 6.07) is 22.5. The van der Waals surface area contributed by atoms with Gasteiger partial charge in [0.25, 0.3) is 0 Å². The molecule has 1 saturated heterocycles. The zero-order chi connectivity index (χ0) is 26.6. The van der Waals surface area contributed by atoms with Crippen LogP contribution in [-0.2, 0) is 9.53 Å². The molecule has 0 saturated carbocycles. The van der Waals surface area contributed by atoms with E-state index in [1.807, 2.05) is 71.6 Å². The third kappa shape index (κ3) is 5.28. The van der Waals surface area contributed by atoms with Gasteiger partial charge in [-0.15, -0.1) is 0 Å². The summed E-state index contributed by atoms with van der Waals surface area (Å²) in [4.78, 5) is 18.9. The van der Waals surface area contributed by atoms with Crippen LogP contribution in [0.3, 0.4) is 0 Å². The summed E-state index contributed by atoms with van der Waals surface area (Å²) in [6.45, 7) is -0.0767. The number of hydrogen-bond donors (Lipinski definition) is 2. The molecule has 4 aromatic rings. The lowest BCUT2D eigenvalue weighted by molar-refractivity contribution is -0.119. The number of amides is 1. The number of rotatable bonds is 8. The molecule has 2 aromatic heterocycles. The molecule has 5 rings (SSSR count). The van der Waals surface area contributed by atoms with Gasteiger partial charge in [0.2, 0.25) is 5.91 Å². The molecular formula is C28H25BrN4O4S. The molecule has 0 bridgehead atoms. The van der Waals surface area contributed by atoms with E-state index in [-0.39, 0.29) is 24.6 Å². The summed E-state index contributed by atoms with van der Waals surface area (Å²) in [7, 11) is 3.02. The van der Waals surface area contributed by atoms with Crippen molar-refractivity contribution >= 4 is 50.5 Å². The lowest BCUT2D eigenvalue weighted by atomic mass is 10.0. The van der Waals surface area contributed by atoms with Gasteiger partial charge >= 0.3 is 0 Å². The molecule has 1 aliphatic rings. The number of aromatic nitrogens is 1. The number of nitrogens with zero attached hydrogens (tertiary/aromatic N) is 2. The summed E-state index contributed by atoms with van der Waals surface area (Å²) in [5.41, 5.74) is 3.04. The van der Waals surface area contributed by atoms with E-state index in [1.165, 1.54) is 7.11 Å². The Morgan fingerprint density at radius 2 is 1.95 bits per heavy atom. The second-order valence-corrected chi connectivity index (χ2v) is 9.87. The predicted octanol–water partition coefficient (Wildman–Crippen LogP) is 5.87. The van der Waals surface area contributed by atoms with Crippen LogP contribution < -0.4 is 20.3 Å². The smallest absolute Gasteiger partial charge is 0.250 e. The van der Waals surface area contributed by atoms with Crippen molar-refractivity contribution in [1.29, 1.82) is 0 Å². The van der Waals surface area contributed by atoms with Crippen LogP contribution in [0.4, 0.5) is 11.4 Å². The normalized spacial score (nSPS) is 16.8. The summed E-state index contributed by atoms with van der Waals surface area (Å²) >= 11 is 9.31. The number of pyridine rings is 1. The largest absolute Gasteiger partial charge is 0.495 e. The zero-order valence-corrected chi connectivity index (χ0v) is 23.1. The molecule has 2 N–H and O–H groups in total. The Hall–Kier alpha value is -3.73. The van der Waals surface area contributed by atoms with E-state index in [4.69, 9.17) is 26.1 Å². The highest BCUT2D eigenvalue weighted by molar-refractivity contribution is 9.10. The van der Waals surface area contributed by atoms with Crippen LogP contribution in [0, 0.1) is 0 Å². The number of carbonyl (C=O) groups is 1. The third-order valence-electron chi connectivity index (χ3n) is 6.16. The molecule has 1 aliphatic heterocycles. The highest BCUT2D eigenvalue weighted by Crippen LogP contribution is 2.44. The molecule has 10 heteroatoms. The number of hydrogen-bond acceptors (Lipinski definition) is 6. The molecule has 0 radical (unpaired) electrons. The van der Waals surface area contributed by atoms with E-state index in [1.54, 1.807) is 19.4 Å². The van der Waals surface area contributed by atoms with Gasteiger partial charge in [-0.2, -0.15) is 0 Å². The Bertz CT molecular complexity index is 1450. The SMILES string of the molecule is COCC(=O)Nc1cc(N2C(=S)N[C@H](c3ccccn3)[C@H]2c2ccc(-c3ccc(Br)cc3)o2)ccc1OC. The first-order chi connectivity index (χ1) is 18.5. The molecule has 0 spiro atoms. The van der Waals surface area contributed by atoms with E-state index in [9.17, 15) is 4.79 Å². The van der Waals surface area contributed by atoms with E-state index in [2.05, 4.69) is 31.5 Å². The number of methoxy groups -OCH3 is 2. The lowest BCUT2D eigenvalue weighted by Crippen LogP contribution is -2.29. The van der Waals surface area contributed by atoms with Gasteiger partial charge < -0.3 is 29.4 Å². The highest BCUT2D eigenvalue weighted by Gasteiger charge is 2.42. The Morgan fingerprint density at radius 3 is 2.66 bits per heavy atom. The van der Waals surface area contributed by atoms with Gasteiger partial charge in [-0.1, -0.05) is 34.1 Å². The average Bonchev–Trinajstić information content (AvgIpc) is 3.54. The van der Waals surface area contributed by atoms with Gasteiger partial charge in [0.1, 0.15) is 29.9 Å².